The average Bonchev–Trinajstić information content (AvgIpc) is 3.01. The second-order valence-electron chi connectivity index (χ2n) is 5.58. The van der Waals surface area contributed by atoms with E-state index in [9.17, 15) is 0 Å². The van der Waals surface area contributed by atoms with Crippen molar-refractivity contribution in [3.8, 4) is 0 Å². The molecule has 0 radical (unpaired) electrons. The fraction of sp³-hybridized carbons (Fsp3) is 1.00. The second kappa shape index (κ2) is 11.1. The molecule has 1 rings (SSSR count). The van der Waals surface area contributed by atoms with Crippen molar-refractivity contribution >= 4 is 23.2 Å². The van der Waals surface area contributed by atoms with Crippen molar-refractivity contribution < 1.29 is 14.2 Å². The van der Waals surface area contributed by atoms with E-state index >= 15 is 0 Å². The molecule has 0 aromatic heterocycles. The molecule has 20 heavy (non-hydrogen) atoms. The molecule has 1 saturated carbocycles. The highest BCUT2D eigenvalue weighted by molar-refractivity contribution is 6.21. The lowest BCUT2D eigenvalue weighted by Crippen LogP contribution is -2.34. The Labute approximate surface area is 133 Å². The molecule has 0 aliphatic heterocycles. The smallest absolute Gasteiger partial charge is 0.0701 e. The number of ether oxygens (including phenoxy) is 3. The largest absolute Gasteiger partial charge is 0.382 e. The molecule has 0 aromatic carbocycles. The standard InChI is InChI=1S/C15H28Cl2O3/c1-18-8-9-20-11-10-19-7-6-15(12-16,13-17)14-4-2-3-5-14/h14H,2-13H2,1H3. The Morgan fingerprint density at radius 3 is 2.00 bits per heavy atom. The first-order valence-corrected chi connectivity index (χ1v) is 8.62. The van der Waals surface area contributed by atoms with Gasteiger partial charge in [0.2, 0.25) is 0 Å². The summed E-state index contributed by atoms with van der Waals surface area (Å²) in [5, 5.41) is 0. The van der Waals surface area contributed by atoms with Crippen molar-refractivity contribution in [2.24, 2.45) is 11.3 Å². The quantitative estimate of drug-likeness (QED) is 0.404. The molecule has 0 bridgehead atoms. The van der Waals surface area contributed by atoms with Crippen LogP contribution in [-0.2, 0) is 14.2 Å². The molecule has 1 aliphatic rings. The molecule has 1 fully saturated rings. The third kappa shape index (κ3) is 6.07. The van der Waals surface area contributed by atoms with Crippen LogP contribution in [0.15, 0.2) is 0 Å². The highest BCUT2D eigenvalue weighted by Crippen LogP contribution is 2.44. The first-order valence-electron chi connectivity index (χ1n) is 7.55. The zero-order valence-corrected chi connectivity index (χ0v) is 14.1. The molecule has 0 saturated heterocycles. The Bertz CT molecular complexity index is 229. The topological polar surface area (TPSA) is 27.7 Å². The van der Waals surface area contributed by atoms with E-state index in [1.54, 1.807) is 7.11 Å². The number of halogens is 2. The molecule has 120 valence electrons. The van der Waals surface area contributed by atoms with Crippen LogP contribution in [0.5, 0.6) is 0 Å². The molecule has 0 spiro atoms. The Morgan fingerprint density at radius 2 is 1.45 bits per heavy atom. The van der Waals surface area contributed by atoms with E-state index in [4.69, 9.17) is 37.4 Å². The predicted molar refractivity (Wildman–Crippen MR) is 84.0 cm³/mol. The minimum absolute atomic E-state index is 0.0521. The van der Waals surface area contributed by atoms with Gasteiger partial charge >= 0.3 is 0 Å². The number of hydrogen-bond donors (Lipinski definition) is 0. The third-order valence-corrected chi connectivity index (χ3v) is 5.37. The van der Waals surface area contributed by atoms with Crippen molar-refractivity contribution in [1.29, 1.82) is 0 Å². The predicted octanol–water partition coefficient (Wildman–Crippen LogP) is 3.71. The Kier molecular flexibility index (Phi) is 10.3. The van der Waals surface area contributed by atoms with Crippen LogP contribution >= 0.6 is 23.2 Å². The van der Waals surface area contributed by atoms with E-state index in [-0.39, 0.29) is 5.41 Å². The summed E-state index contributed by atoms with van der Waals surface area (Å²) in [6, 6.07) is 0. The first kappa shape index (κ1) is 18.5. The molecular weight excluding hydrogens is 299 g/mol. The first-order chi connectivity index (χ1) is 9.79. The van der Waals surface area contributed by atoms with Crippen LogP contribution in [0.25, 0.3) is 0 Å². The lowest BCUT2D eigenvalue weighted by atomic mass is 9.75. The summed E-state index contributed by atoms with van der Waals surface area (Å²) in [4.78, 5) is 0. The fourth-order valence-electron chi connectivity index (χ4n) is 2.87. The summed E-state index contributed by atoms with van der Waals surface area (Å²) in [7, 11) is 1.67. The maximum absolute atomic E-state index is 6.22. The number of methoxy groups -OCH3 is 1. The fourth-order valence-corrected chi connectivity index (χ4v) is 3.86. The van der Waals surface area contributed by atoms with E-state index in [1.807, 2.05) is 0 Å². The highest BCUT2D eigenvalue weighted by Gasteiger charge is 2.38. The SMILES string of the molecule is COCCOCCOCCC(CCl)(CCl)C1CCCC1. The van der Waals surface area contributed by atoms with Crippen LogP contribution < -0.4 is 0 Å². The average molecular weight is 327 g/mol. The van der Waals surface area contributed by atoms with Gasteiger partial charge in [0.15, 0.2) is 0 Å². The second-order valence-corrected chi connectivity index (χ2v) is 6.11. The van der Waals surface area contributed by atoms with Crippen molar-refractivity contribution in [3.05, 3.63) is 0 Å². The van der Waals surface area contributed by atoms with Gasteiger partial charge < -0.3 is 14.2 Å². The van der Waals surface area contributed by atoms with E-state index in [1.165, 1.54) is 25.7 Å². The summed E-state index contributed by atoms with van der Waals surface area (Å²) < 4.78 is 15.9. The van der Waals surface area contributed by atoms with Crippen LogP contribution in [0.4, 0.5) is 0 Å². The van der Waals surface area contributed by atoms with Crippen molar-refractivity contribution in [2.75, 3.05) is 51.9 Å². The molecule has 0 heterocycles. The lowest BCUT2D eigenvalue weighted by molar-refractivity contribution is 0.0150. The third-order valence-electron chi connectivity index (χ3n) is 4.30. The summed E-state index contributed by atoms with van der Waals surface area (Å²) in [5.41, 5.74) is 0.0521. The van der Waals surface area contributed by atoms with Crippen molar-refractivity contribution in [1.82, 2.24) is 0 Å². The van der Waals surface area contributed by atoms with Crippen LogP contribution in [0, 0.1) is 11.3 Å². The lowest BCUT2D eigenvalue weighted by Gasteiger charge is -2.35. The maximum atomic E-state index is 6.22. The van der Waals surface area contributed by atoms with E-state index in [2.05, 4.69) is 0 Å². The van der Waals surface area contributed by atoms with Gasteiger partial charge in [-0.3, -0.25) is 0 Å². The molecule has 0 aromatic rings. The van der Waals surface area contributed by atoms with Gasteiger partial charge in [-0.2, -0.15) is 0 Å². The number of rotatable bonds is 12. The van der Waals surface area contributed by atoms with Gasteiger partial charge in [0, 0.05) is 30.9 Å². The van der Waals surface area contributed by atoms with Gasteiger partial charge in [-0.15, -0.1) is 23.2 Å². The Hall–Kier alpha value is 0.460. The summed E-state index contributed by atoms with van der Waals surface area (Å²) in [6.07, 6.45) is 6.10. The Balaban J connectivity index is 2.16. The monoisotopic (exact) mass is 326 g/mol. The molecule has 1 aliphatic carbocycles. The zero-order valence-electron chi connectivity index (χ0n) is 12.5. The molecule has 0 N–H and O–H groups in total. The zero-order chi connectivity index (χ0) is 14.7. The van der Waals surface area contributed by atoms with Crippen LogP contribution in [-0.4, -0.2) is 51.9 Å². The number of hydrogen-bond acceptors (Lipinski definition) is 3. The van der Waals surface area contributed by atoms with E-state index < -0.39 is 0 Å². The van der Waals surface area contributed by atoms with Gasteiger partial charge in [0.1, 0.15) is 0 Å². The van der Waals surface area contributed by atoms with Crippen molar-refractivity contribution in [2.45, 2.75) is 32.1 Å². The highest BCUT2D eigenvalue weighted by atomic mass is 35.5. The minimum atomic E-state index is 0.0521. The number of alkyl halides is 2. The Morgan fingerprint density at radius 1 is 0.900 bits per heavy atom. The summed E-state index contributed by atoms with van der Waals surface area (Å²) >= 11 is 12.4. The minimum Gasteiger partial charge on any atom is -0.382 e. The van der Waals surface area contributed by atoms with Crippen LogP contribution in [0.3, 0.4) is 0 Å². The molecule has 5 heteroatoms. The van der Waals surface area contributed by atoms with Gasteiger partial charge in [0.05, 0.1) is 26.4 Å². The summed E-state index contributed by atoms with van der Waals surface area (Å²) in [6.45, 7) is 3.19. The summed E-state index contributed by atoms with van der Waals surface area (Å²) in [5.74, 6) is 1.93. The van der Waals surface area contributed by atoms with Crippen LogP contribution in [0.2, 0.25) is 0 Å². The van der Waals surface area contributed by atoms with Gasteiger partial charge in [-0.25, -0.2) is 0 Å². The van der Waals surface area contributed by atoms with Gasteiger partial charge in [-0.1, -0.05) is 12.8 Å². The van der Waals surface area contributed by atoms with E-state index in [0.29, 0.717) is 50.7 Å². The molecule has 3 nitrogen and oxygen atoms in total. The van der Waals surface area contributed by atoms with Crippen LogP contribution in [0.1, 0.15) is 32.1 Å². The van der Waals surface area contributed by atoms with E-state index in [0.717, 1.165) is 6.42 Å². The normalized spacial score (nSPS) is 16.9. The molecular formula is C15H28Cl2O3. The molecule has 0 unspecified atom stereocenters. The van der Waals surface area contributed by atoms with Crippen molar-refractivity contribution in [3.63, 3.8) is 0 Å². The van der Waals surface area contributed by atoms with Gasteiger partial charge in [0.25, 0.3) is 0 Å². The molecule has 0 amide bonds. The molecule has 0 atom stereocenters. The van der Waals surface area contributed by atoms with Gasteiger partial charge in [-0.05, 0) is 25.2 Å². The maximum Gasteiger partial charge on any atom is 0.0701 e.